The molecule has 238 valence electrons. The van der Waals surface area contributed by atoms with Crippen molar-refractivity contribution in [2.24, 2.45) is 5.92 Å². The quantitative estimate of drug-likeness (QED) is 0.266. The maximum Gasteiger partial charge on any atom is 0.209 e. The molecule has 2 fully saturated rings. The Morgan fingerprint density at radius 1 is 1.11 bits per heavy atom. The highest BCUT2D eigenvalue weighted by molar-refractivity contribution is 7.10. The zero-order valence-electron chi connectivity index (χ0n) is 26.8. The highest BCUT2D eigenvalue weighted by atomic mass is 32.1. The first-order valence-electron chi connectivity index (χ1n) is 15.7. The Morgan fingerprint density at radius 3 is 2.64 bits per heavy atom. The van der Waals surface area contributed by atoms with Gasteiger partial charge in [-0.1, -0.05) is 6.92 Å². The van der Waals surface area contributed by atoms with E-state index >= 15 is 0 Å². The number of hydrogen-bond donors (Lipinski definition) is 1. The molecule has 0 spiro atoms. The number of carbonyl (C=O) groups excluding carboxylic acids is 1. The number of piperazine rings is 1. The second kappa shape index (κ2) is 15.1. The summed E-state index contributed by atoms with van der Waals surface area (Å²) in [6, 6.07) is 2.14. The molecule has 44 heavy (non-hydrogen) atoms. The third-order valence-electron chi connectivity index (χ3n) is 8.21. The zero-order chi connectivity index (χ0) is 31.1. The van der Waals surface area contributed by atoms with Gasteiger partial charge in [0.05, 0.1) is 29.5 Å². The molecule has 1 unspecified atom stereocenters. The number of rotatable bonds is 10. The Morgan fingerprint density at radius 2 is 1.93 bits per heavy atom. The van der Waals surface area contributed by atoms with Gasteiger partial charge in [0, 0.05) is 76.9 Å². The highest BCUT2D eigenvalue weighted by Gasteiger charge is 2.19. The third kappa shape index (κ3) is 8.40. The van der Waals surface area contributed by atoms with Gasteiger partial charge in [-0.2, -0.15) is 9.47 Å². The molecule has 0 aliphatic carbocycles. The third-order valence-corrected chi connectivity index (χ3v) is 8.95. The normalized spacial score (nSPS) is 18.0. The lowest BCUT2D eigenvalue weighted by atomic mass is 10.0. The van der Waals surface area contributed by atoms with Crippen LogP contribution in [0.15, 0.2) is 30.9 Å². The van der Waals surface area contributed by atoms with Crippen molar-refractivity contribution in [3.63, 3.8) is 0 Å². The molecule has 1 atom stereocenters. The Balaban J connectivity index is 0.000000249. The van der Waals surface area contributed by atoms with Crippen molar-refractivity contribution >= 4 is 34.4 Å². The Labute approximate surface area is 264 Å². The second-order valence-corrected chi connectivity index (χ2v) is 13.0. The molecule has 4 aromatic heterocycles. The molecule has 2 aliphatic rings. The summed E-state index contributed by atoms with van der Waals surface area (Å²) in [6.45, 7) is 16.5. The maximum atomic E-state index is 10.4. The van der Waals surface area contributed by atoms with Gasteiger partial charge in [-0.05, 0) is 70.8 Å². The first kappa shape index (κ1) is 32.0. The summed E-state index contributed by atoms with van der Waals surface area (Å²) in [5.74, 6) is 1.52. The molecule has 6 heterocycles. The van der Waals surface area contributed by atoms with Crippen LogP contribution in [0.3, 0.4) is 0 Å². The summed E-state index contributed by atoms with van der Waals surface area (Å²) in [4.78, 5) is 28.7. The number of likely N-dealkylation sites (tertiary alicyclic amines) is 1. The van der Waals surface area contributed by atoms with Crippen LogP contribution in [0.5, 0.6) is 0 Å². The number of likely N-dealkylation sites (N-methyl/N-ethyl adjacent to an activating group) is 1. The molecule has 13 heteroatoms. The van der Waals surface area contributed by atoms with Crippen LogP contribution in [0.4, 0.5) is 10.8 Å². The van der Waals surface area contributed by atoms with Gasteiger partial charge in [0.2, 0.25) is 6.41 Å². The van der Waals surface area contributed by atoms with Crippen molar-refractivity contribution in [2.75, 3.05) is 71.8 Å². The van der Waals surface area contributed by atoms with Crippen LogP contribution in [0, 0.1) is 12.8 Å². The van der Waals surface area contributed by atoms with Gasteiger partial charge < -0.3 is 15.1 Å². The second-order valence-electron chi connectivity index (χ2n) is 12.2. The summed E-state index contributed by atoms with van der Waals surface area (Å²) in [6.07, 6.45) is 11.4. The van der Waals surface area contributed by atoms with E-state index in [2.05, 4.69) is 72.9 Å². The molecular weight excluding hydrogens is 574 g/mol. The fraction of sp³-hybridized carbons (Fsp3) is 0.581. The van der Waals surface area contributed by atoms with Gasteiger partial charge in [-0.3, -0.25) is 23.7 Å². The minimum Gasteiger partial charge on any atom is -0.343 e. The summed E-state index contributed by atoms with van der Waals surface area (Å²) in [5.41, 5.74) is 4.88. The predicted octanol–water partition coefficient (Wildman–Crippen LogP) is 3.68. The van der Waals surface area contributed by atoms with Crippen LogP contribution < -0.4 is 5.32 Å². The highest BCUT2D eigenvalue weighted by Crippen LogP contribution is 2.28. The molecule has 0 radical (unpaired) electrons. The summed E-state index contributed by atoms with van der Waals surface area (Å²) >= 11 is 1.48. The van der Waals surface area contributed by atoms with E-state index < -0.39 is 0 Å². The molecule has 1 amide bonds. The molecule has 0 saturated carbocycles. The number of aryl methyl sites for hydroxylation is 2. The van der Waals surface area contributed by atoms with Crippen molar-refractivity contribution in [1.29, 1.82) is 0 Å². The van der Waals surface area contributed by atoms with Gasteiger partial charge in [-0.25, -0.2) is 9.97 Å². The lowest BCUT2D eigenvalue weighted by Crippen LogP contribution is -2.47. The Hall–Kier alpha value is -3.39. The predicted molar refractivity (Wildman–Crippen MR) is 176 cm³/mol. The zero-order valence-corrected chi connectivity index (χ0v) is 27.6. The van der Waals surface area contributed by atoms with Gasteiger partial charge in [-0.15, -0.1) is 0 Å². The molecule has 12 nitrogen and oxygen atoms in total. The van der Waals surface area contributed by atoms with Crippen molar-refractivity contribution in [3.8, 4) is 11.3 Å². The molecule has 1 N–H and O–H groups in total. The standard InChI is InChI=1S/C22H28N8S.C9H19N3O/c1-4-29-13-17(9-24-29)19-10-23-22-21(25-16(3)12-30(19)22)26-20-8-18(27-31-20)14-28-7-5-6-15(2)11-28;1-10(2)3-4-11-5-7-12(9-13)8-6-11/h8-10,12-13,15H,4-7,11,14H2,1-3H3,(H,25,26);9H,3-8H2,1-2H3. The van der Waals surface area contributed by atoms with Gasteiger partial charge >= 0.3 is 0 Å². The van der Waals surface area contributed by atoms with E-state index in [0.717, 1.165) is 117 Å². The molecule has 2 aliphatic heterocycles. The van der Waals surface area contributed by atoms with E-state index in [-0.39, 0.29) is 0 Å². The smallest absolute Gasteiger partial charge is 0.209 e. The molecule has 4 aromatic rings. The number of imidazole rings is 1. The number of carbonyl (C=O) groups is 1. The number of nitrogens with one attached hydrogen (secondary N) is 1. The van der Waals surface area contributed by atoms with Crippen LogP contribution >= 0.6 is 11.5 Å². The van der Waals surface area contributed by atoms with Crippen molar-refractivity contribution in [1.82, 2.24) is 48.1 Å². The van der Waals surface area contributed by atoms with Crippen molar-refractivity contribution in [2.45, 2.75) is 46.7 Å². The van der Waals surface area contributed by atoms with E-state index in [1.807, 2.05) is 41.3 Å². The van der Waals surface area contributed by atoms with Crippen LogP contribution in [-0.2, 0) is 17.9 Å². The monoisotopic (exact) mass is 621 g/mol. The lowest BCUT2D eigenvalue weighted by molar-refractivity contribution is -0.119. The SMILES string of the molecule is CCn1cc(-c2cnc3c(Nc4cc(CN5CCCC(C)C5)ns4)nc(C)cn23)cn1.CN(C)CCN1CCN(C=O)CC1. The van der Waals surface area contributed by atoms with Crippen LogP contribution in [0.1, 0.15) is 38.1 Å². The number of amides is 1. The Kier molecular flexibility index (Phi) is 11.0. The van der Waals surface area contributed by atoms with E-state index in [0.29, 0.717) is 0 Å². The minimum absolute atomic E-state index is 0.746. The summed E-state index contributed by atoms with van der Waals surface area (Å²) in [5, 5.41) is 8.85. The van der Waals surface area contributed by atoms with Crippen molar-refractivity contribution < 1.29 is 4.79 Å². The first-order valence-corrected chi connectivity index (χ1v) is 16.5. The van der Waals surface area contributed by atoms with Crippen LogP contribution in [0.25, 0.3) is 16.9 Å². The van der Waals surface area contributed by atoms with Gasteiger partial charge in [0.1, 0.15) is 5.00 Å². The Bertz CT molecular complexity index is 1490. The van der Waals surface area contributed by atoms with E-state index in [4.69, 9.17) is 4.98 Å². The van der Waals surface area contributed by atoms with Gasteiger partial charge in [0.25, 0.3) is 0 Å². The fourth-order valence-electron chi connectivity index (χ4n) is 5.73. The average molecular weight is 622 g/mol. The van der Waals surface area contributed by atoms with E-state index in [1.165, 1.54) is 24.4 Å². The molecule has 0 aromatic carbocycles. The number of piperidine rings is 1. The lowest BCUT2D eigenvalue weighted by Gasteiger charge is -2.32. The average Bonchev–Trinajstić information content (AvgIpc) is 3.77. The van der Waals surface area contributed by atoms with Crippen molar-refractivity contribution in [3.05, 3.63) is 42.2 Å². The van der Waals surface area contributed by atoms with E-state index in [1.54, 1.807) is 0 Å². The number of nitrogens with zero attached hydrogens (tertiary/aromatic N) is 10. The van der Waals surface area contributed by atoms with Crippen LogP contribution in [0.2, 0.25) is 0 Å². The summed E-state index contributed by atoms with van der Waals surface area (Å²) < 4.78 is 8.67. The summed E-state index contributed by atoms with van der Waals surface area (Å²) in [7, 11) is 4.17. The fourth-order valence-corrected chi connectivity index (χ4v) is 6.39. The molecule has 6 rings (SSSR count). The molecular formula is C31H47N11OS. The number of anilines is 2. The largest absolute Gasteiger partial charge is 0.343 e. The van der Waals surface area contributed by atoms with Gasteiger partial charge in [0.15, 0.2) is 11.5 Å². The molecule has 2 saturated heterocycles. The number of aromatic nitrogens is 6. The topological polar surface area (TPSA) is 103 Å². The van der Waals surface area contributed by atoms with Crippen LogP contribution in [-0.4, -0.2) is 121 Å². The number of fused-ring (bicyclic) bond motifs is 1. The number of hydrogen-bond acceptors (Lipinski definition) is 10. The minimum atomic E-state index is 0.746. The first-order chi connectivity index (χ1) is 21.3. The maximum absolute atomic E-state index is 10.4. The van der Waals surface area contributed by atoms with E-state index in [9.17, 15) is 4.79 Å². The molecule has 0 bridgehead atoms.